The zero-order chi connectivity index (χ0) is 17.2. The number of carbonyl (C=O) groups is 1. The van der Waals surface area contributed by atoms with Gasteiger partial charge in [-0.1, -0.05) is 33.8 Å². The summed E-state index contributed by atoms with van der Waals surface area (Å²) in [4.78, 5) is 14.1. The molecule has 4 heteroatoms. The molecule has 2 N–H and O–H groups in total. The average Bonchev–Trinajstić information content (AvgIpc) is 2.51. The van der Waals surface area contributed by atoms with Crippen LogP contribution in [-0.4, -0.2) is 30.5 Å². The molecule has 0 bridgehead atoms. The van der Waals surface area contributed by atoms with Gasteiger partial charge in [-0.2, -0.15) is 0 Å². The van der Waals surface area contributed by atoms with Crippen molar-refractivity contribution in [3.63, 3.8) is 0 Å². The number of nitrogen functional groups attached to an aromatic ring is 1. The molecule has 0 heterocycles. The zero-order valence-corrected chi connectivity index (χ0v) is 14.8. The van der Waals surface area contributed by atoms with Crippen molar-refractivity contribution in [3.05, 3.63) is 29.8 Å². The second kappa shape index (κ2) is 9.93. The second-order valence-corrected chi connectivity index (χ2v) is 6.16. The molecule has 0 unspecified atom stereocenters. The average molecular weight is 318 g/mol. The van der Waals surface area contributed by atoms with E-state index in [4.69, 9.17) is 10.5 Å². The summed E-state index contributed by atoms with van der Waals surface area (Å²) in [7, 11) is 0. The number of benzene rings is 1. The van der Waals surface area contributed by atoms with E-state index in [1.165, 1.54) is 0 Å². The lowest BCUT2D eigenvalue weighted by Gasteiger charge is -2.19. The van der Waals surface area contributed by atoms with Gasteiger partial charge in [0.05, 0.1) is 12.3 Å². The Balaban J connectivity index is 2.72. The minimum absolute atomic E-state index is 0.0485. The summed E-state index contributed by atoms with van der Waals surface area (Å²) < 4.78 is 5.66. The molecule has 4 nitrogen and oxygen atoms in total. The third-order valence-electron chi connectivity index (χ3n) is 3.32. The molecule has 128 valence electrons. The Bertz CT molecular complexity index is 518. The van der Waals surface area contributed by atoms with E-state index in [9.17, 15) is 4.79 Å². The fourth-order valence-corrected chi connectivity index (χ4v) is 2.20. The SMILES string of the molecule is CCCN(CCC)C(=O)/C=C\c1ccc(OCC(C)C)c(N)c1. The van der Waals surface area contributed by atoms with E-state index < -0.39 is 0 Å². The minimum Gasteiger partial charge on any atom is -0.491 e. The molecule has 1 amide bonds. The molecule has 1 rings (SSSR count). The molecule has 0 aliphatic carbocycles. The monoisotopic (exact) mass is 318 g/mol. The summed E-state index contributed by atoms with van der Waals surface area (Å²) in [5.41, 5.74) is 7.51. The quantitative estimate of drug-likeness (QED) is 0.554. The Kier molecular flexibility index (Phi) is 8.23. The lowest BCUT2D eigenvalue weighted by Crippen LogP contribution is -2.30. The van der Waals surface area contributed by atoms with Crippen molar-refractivity contribution in [2.24, 2.45) is 5.92 Å². The first-order chi connectivity index (χ1) is 11.0. The van der Waals surface area contributed by atoms with Crippen molar-refractivity contribution in [1.29, 1.82) is 0 Å². The van der Waals surface area contributed by atoms with Crippen molar-refractivity contribution in [2.75, 3.05) is 25.4 Å². The van der Waals surface area contributed by atoms with Gasteiger partial charge in [0, 0.05) is 19.2 Å². The van der Waals surface area contributed by atoms with Crippen LogP contribution in [0.5, 0.6) is 5.75 Å². The van der Waals surface area contributed by atoms with Crippen molar-refractivity contribution in [3.8, 4) is 5.75 Å². The van der Waals surface area contributed by atoms with Crippen molar-refractivity contribution in [1.82, 2.24) is 4.90 Å². The number of nitrogens with zero attached hydrogens (tertiary/aromatic N) is 1. The molecule has 0 spiro atoms. The Morgan fingerprint density at radius 2 is 1.91 bits per heavy atom. The van der Waals surface area contributed by atoms with Gasteiger partial charge in [0.25, 0.3) is 0 Å². The van der Waals surface area contributed by atoms with Crippen LogP contribution in [0.3, 0.4) is 0 Å². The van der Waals surface area contributed by atoms with Crippen LogP contribution in [0, 0.1) is 5.92 Å². The van der Waals surface area contributed by atoms with E-state index in [0.29, 0.717) is 24.0 Å². The minimum atomic E-state index is 0.0485. The molecule has 0 saturated heterocycles. The number of nitrogens with two attached hydrogens (primary N) is 1. The van der Waals surface area contributed by atoms with Crippen LogP contribution < -0.4 is 10.5 Å². The van der Waals surface area contributed by atoms with Crippen molar-refractivity contribution < 1.29 is 9.53 Å². The molecule has 0 aliphatic heterocycles. The molecule has 0 aromatic heterocycles. The number of hydrogen-bond acceptors (Lipinski definition) is 3. The highest BCUT2D eigenvalue weighted by Crippen LogP contribution is 2.23. The highest BCUT2D eigenvalue weighted by molar-refractivity contribution is 5.92. The first kappa shape index (κ1) is 19.1. The van der Waals surface area contributed by atoms with Crippen LogP contribution in [0.25, 0.3) is 6.08 Å². The lowest BCUT2D eigenvalue weighted by atomic mass is 10.1. The standard InChI is InChI=1S/C19H30N2O2/c1-5-11-21(12-6-2)19(22)10-8-16-7-9-18(17(20)13-16)23-14-15(3)4/h7-10,13,15H,5-6,11-12,14,20H2,1-4H3/b10-8-. The summed E-state index contributed by atoms with van der Waals surface area (Å²) in [6.07, 6.45) is 5.36. The first-order valence-electron chi connectivity index (χ1n) is 8.47. The molecular weight excluding hydrogens is 288 g/mol. The summed E-state index contributed by atoms with van der Waals surface area (Å²) >= 11 is 0. The summed E-state index contributed by atoms with van der Waals surface area (Å²) in [6, 6.07) is 5.61. The smallest absolute Gasteiger partial charge is 0.246 e. The molecule has 0 aliphatic rings. The Labute approximate surface area is 140 Å². The lowest BCUT2D eigenvalue weighted by molar-refractivity contribution is -0.126. The van der Waals surface area contributed by atoms with Crippen LogP contribution in [0.1, 0.15) is 46.1 Å². The maximum absolute atomic E-state index is 12.2. The van der Waals surface area contributed by atoms with E-state index in [1.54, 1.807) is 6.08 Å². The van der Waals surface area contributed by atoms with E-state index in [0.717, 1.165) is 31.5 Å². The Hall–Kier alpha value is -1.97. The van der Waals surface area contributed by atoms with Gasteiger partial charge in [-0.05, 0) is 42.5 Å². The molecule has 1 aromatic carbocycles. The number of anilines is 1. The van der Waals surface area contributed by atoms with Gasteiger partial charge in [0.15, 0.2) is 0 Å². The van der Waals surface area contributed by atoms with Gasteiger partial charge in [-0.15, -0.1) is 0 Å². The van der Waals surface area contributed by atoms with Crippen LogP contribution in [0.15, 0.2) is 24.3 Å². The predicted octanol–water partition coefficient (Wildman–Crippen LogP) is 3.97. The predicted molar refractivity (Wildman–Crippen MR) is 97.4 cm³/mol. The normalized spacial score (nSPS) is 11.2. The number of rotatable bonds is 9. The van der Waals surface area contributed by atoms with Gasteiger partial charge >= 0.3 is 0 Å². The maximum Gasteiger partial charge on any atom is 0.246 e. The third-order valence-corrected chi connectivity index (χ3v) is 3.32. The number of amides is 1. The molecule has 0 radical (unpaired) electrons. The van der Waals surface area contributed by atoms with E-state index in [-0.39, 0.29) is 5.91 Å². The molecule has 23 heavy (non-hydrogen) atoms. The highest BCUT2D eigenvalue weighted by Gasteiger charge is 2.08. The fourth-order valence-electron chi connectivity index (χ4n) is 2.20. The van der Waals surface area contributed by atoms with E-state index >= 15 is 0 Å². The number of carbonyl (C=O) groups excluding carboxylic acids is 1. The van der Waals surface area contributed by atoms with Crippen LogP contribution in [0.2, 0.25) is 0 Å². The molecule has 0 fully saturated rings. The van der Waals surface area contributed by atoms with Gasteiger partial charge in [0.1, 0.15) is 5.75 Å². The first-order valence-corrected chi connectivity index (χ1v) is 8.47. The molecule has 0 saturated carbocycles. The van der Waals surface area contributed by atoms with Crippen LogP contribution >= 0.6 is 0 Å². The van der Waals surface area contributed by atoms with Crippen LogP contribution in [0.4, 0.5) is 5.69 Å². The second-order valence-electron chi connectivity index (χ2n) is 6.16. The maximum atomic E-state index is 12.2. The van der Waals surface area contributed by atoms with E-state index in [1.807, 2.05) is 29.2 Å². The Morgan fingerprint density at radius 3 is 2.43 bits per heavy atom. The summed E-state index contributed by atoms with van der Waals surface area (Å²) in [5.74, 6) is 1.20. The largest absolute Gasteiger partial charge is 0.491 e. The molecule has 1 aromatic rings. The third kappa shape index (κ3) is 6.76. The van der Waals surface area contributed by atoms with Gasteiger partial charge in [-0.25, -0.2) is 0 Å². The van der Waals surface area contributed by atoms with Crippen molar-refractivity contribution in [2.45, 2.75) is 40.5 Å². The van der Waals surface area contributed by atoms with Gasteiger partial charge < -0.3 is 15.4 Å². The van der Waals surface area contributed by atoms with E-state index in [2.05, 4.69) is 27.7 Å². The van der Waals surface area contributed by atoms with Gasteiger partial charge in [0.2, 0.25) is 5.91 Å². The number of ether oxygens (including phenoxy) is 1. The summed E-state index contributed by atoms with van der Waals surface area (Å²) in [5, 5.41) is 0. The van der Waals surface area contributed by atoms with Gasteiger partial charge in [-0.3, -0.25) is 4.79 Å². The van der Waals surface area contributed by atoms with Crippen molar-refractivity contribution >= 4 is 17.7 Å². The highest BCUT2D eigenvalue weighted by atomic mass is 16.5. The molecule has 0 atom stereocenters. The summed E-state index contributed by atoms with van der Waals surface area (Å²) in [6.45, 7) is 10.6. The topological polar surface area (TPSA) is 55.6 Å². The zero-order valence-electron chi connectivity index (χ0n) is 14.8. The molecular formula is C19H30N2O2. The van der Waals surface area contributed by atoms with Crippen LogP contribution in [-0.2, 0) is 4.79 Å². The Morgan fingerprint density at radius 1 is 1.26 bits per heavy atom. The fraction of sp³-hybridized carbons (Fsp3) is 0.526. The number of hydrogen-bond donors (Lipinski definition) is 1.